The lowest BCUT2D eigenvalue weighted by Gasteiger charge is -2.09. The van der Waals surface area contributed by atoms with Crippen molar-refractivity contribution in [3.05, 3.63) is 65.9 Å². The fourth-order valence-electron chi connectivity index (χ4n) is 2.59. The number of carbonyl (C=O) groups excluding carboxylic acids is 1. The normalized spacial score (nSPS) is 10.8. The summed E-state index contributed by atoms with van der Waals surface area (Å²) >= 11 is 1.20. The molecule has 1 heterocycles. The summed E-state index contributed by atoms with van der Waals surface area (Å²) in [5, 5.41) is 3.31. The smallest absolute Gasteiger partial charge is 0.387 e. The Morgan fingerprint density at radius 2 is 2.00 bits per heavy atom. The highest BCUT2D eigenvalue weighted by Gasteiger charge is 2.10. The van der Waals surface area contributed by atoms with E-state index in [9.17, 15) is 13.6 Å². The summed E-state index contributed by atoms with van der Waals surface area (Å²) in [6.07, 6.45) is 1.56. The summed E-state index contributed by atoms with van der Waals surface area (Å²) in [5.74, 6) is 0.0361. The van der Waals surface area contributed by atoms with Gasteiger partial charge in [-0.15, -0.1) is 0 Å². The van der Waals surface area contributed by atoms with E-state index < -0.39 is 6.61 Å². The SMILES string of the molecule is Cc1ccc(C)c(NC(=O)CSc2nccc(-c3cccc(OC(F)F)c3)n2)c1. The first-order chi connectivity index (χ1) is 13.9. The van der Waals surface area contributed by atoms with Gasteiger partial charge in [-0.1, -0.05) is 36.0 Å². The molecule has 0 radical (unpaired) electrons. The molecule has 0 spiro atoms. The number of aryl methyl sites for hydroxylation is 2. The Bertz CT molecular complexity index is 1010. The van der Waals surface area contributed by atoms with Crippen molar-refractivity contribution < 1.29 is 18.3 Å². The zero-order chi connectivity index (χ0) is 20.8. The number of halogens is 2. The molecule has 0 unspecified atom stereocenters. The molecule has 1 aromatic heterocycles. The fourth-order valence-corrected chi connectivity index (χ4v) is 3.22. The Hall–Kier alpha value is -3.00. The number of hydrogen-bond donors (Lipinski definition) is 1. The van der Waals surface area contributed by atoms with Crippen LogP contribution in [0.5, 0.6) is 5.75 Å². The van der Waals surface area contributed by atoms with Crippen LogP contribution in [0.4, 0.5) is 14.5 Å². The fraction of sp³-hybridized carbons (Fsp3) is 0.190. The van der Waals surface area contributed by atoms with E-state index >= 15 is 0 Å². The number of rotatable bonds is 7. The predicted octanol–water partition coefficient (Wildman–Crippen LogP) is 5.09. The molecule has 3 rings (SSSR count). The average Bonchev–Trinajstić information content (AvgIpc) is 2.69. The van der Waals surface area contributed by atoms with Crippen LogP contribution in [0.2, 0.25) is 0 Å². The topological polar surface area (TPSA) is 64.1 Å². The Kier molecular flexibility index (Phi) is 6.77. The van der Waals surface area contributed by atoms with Crippen LogP contribution in [-0.4, -0.2) is 28.2 Å². The average molecular weight is 415 g/mol. The molecule has 150 valence electrons. The molecular weight excluding hydrogens is 396 g/mol. The summed E-state index contributed by atoms with van der Waals surface area (Å²) in [7, 11) is 0. The standard InChI is InChI=1S/C21H19F2N3O2S/c1-13-6-7-14(2)18(10-13)25-19(27)12-29-21-24-9-8-17(26-21)15-4-3-5-16(11-15)28-20(22)23/h3-11,20H,12H2,1-2H3,(H,25,27). The van der Waals surface area contributed by atoms with Gasteiger partial charge in [0.1, 0.15) is 5.75 Å². The minimum Gasteiger partial charge on any atom is -0.435 e. The van der Waals surface area contributed by atoms with E-state index in [-0.39, 0.29) is 17.4 Å². The van der Waals surface area contributed by atoms with Gasteiger partial charge >= 0.3 is 6.61 Å². The van der Waals surface area contributed by atoms with E-state index in [1.165, 1.54) is 23.9 Å². The molecule has 1 N–H and O–H groups in total. The van der Waals surface area contributed by atoms with Crippen molar-refractivity contribution in [3.63, 3.8) is 0 Å². The van der Waals surface area contributed by atoms with Crippen molar-refractivity contribution in [1.29, 1.82) is 0 Å². The van der Waals surface area contributed by atoms with Gasteiger partial charge in [0, 0.05) is 17.4 Å². The van der Waals surface area contributed by atoms with Gasteiger partial charge in [-0.05, 0) is 49.2 Å². The van der Waals surface area contributed by atoms with Gasteiger partial charge in [0.25, 0.3) is 0 Å². The number of nitrogens with zero attached hydrogens (tertiary/aromatic N) is 2. The zero-order valence-corrected chi connectivity index (χ0v) is 16.7. The van der Waals surface area contributed by atoms with Gasteiger partial charge in [-0.3, -0.25) is 4.79 Å². The number of aromatic nitrogens is 2. The van der Waals surface area contributed by atoms with E-state index in [0.29, 0.717) is 16.4 Å². The third-order valence-electron chi connectivity index (χ3n) is 3.99. The Balaban J connectivity index is 1.66. The Morgan fingerprint density at radius 1 is 1.17 bits per heavy atom. The highest BCUT2D eigenvalue weighted by molar-refractivity contribution is 7.99. The van der Waals surface area contributed by atoms with Crippen LogP contribution in [0.1, 0.15) is 11.1 Å². The first-order valence-corrected chi connectivity index (χ1v) is 9.77. The lowest BCUT2D eigenvalue weighted by atomic mass is 10.1. The van der Waals surface area contributed by atoms with Crippen molar-refractivity contribution in [3.8, 4) is 17.0 Å². The van der Waals surface area contributed by atoms with Crippen LogP contribution in [-0.2, 0) is 4.79 Å². The molecule has 0 saturated carbocycles. The molecule has 2 aromatic carbocycles. The third-order valence-corrected chi connectivity index (χ3v) is 4.85. The third kappa shape index (κ3) is 5.99. The van der Waals surface area contributed by atoms with E-state index in [2.05, 4.69) is 20.0 Å². The maximum atomic E-state index is 12.4. The maximum Gasteiger partial charge on any atom is 0.387 e. The van der Waals surface area contributed by atoms with Crippen LogP contribution < -0.4 is 10.1 Å². The van der Waals surface area contributed by atoms with E-state index in [1.54, 1.807) is 24.4 Å². The number of anilines is 1. The summed E-state index contributed by atoms with van der Waals surface area (Å²) in [5.41, 5.74) is 4.00. The minimum absolute atomic E-state index is 0.0539. The van der Waals surface area contributed by atoms with Gasteiger partial charge in [0.15, 0.2) is 5.16 Å². The highest BCUT2D eigenvalue weighted by Crippen LogP contribution is 2.25. The number of carbonyl (C=O) groups is 1. The molecule has 8 heteroatoms. The molecule has 5 nitrogen and oxygen atoms in total. The van der Waals surface area contributed by atoms with E-state index in [4.69, 9.17) is 0 Å². The molecule has 0 fully saturated rings. The summed E-state index contributed by atoms with van der Waals surface area (Å²) < 4.78 is 29.2. The lowest BCUT2D eigenvalue weighted by Crippen LogP contribution is -2.15. The number of benzene rings is 2. The van der Waals surface area contributed by atoms with Gasteiger partial charge in [-0.2, -0.15) is 8.78 Å². The van der Waals surface area contributed by atoms with Crippen LogP contribution in [0.3, 0.4) is 0 Å². The number of ether oxygens (including phenoxy) is 1. The maximum absolute atomic E-state index is 12.4. The molecule has 0 aliphatic heterocycles. The molecule has 1 amide bonds. The molecule has 0 saturated heterocycles. The van der Waals surface area contributed by atoms with Gasteiger partial charge in [-0.25, -0.2) is 9.97 Å². The van der Waals surface area contributed by atoms with Crippen LogP contribution in [0.15, 0.2) is 59.9 Å². The van der Waals surface area contributed by atoms with Crippen molar-refractivity contribution >= 4 is 23.4 Å². The van der Waals surface area contributed by atoms with Crippen molar-refractivity contribution in [2.45, 2.75) is 25.6 Å². The minimum atomic E-state index is -2.89. The lowest BCUT2D eigenvalue weighted by molar-refractivity contribution is -0.113. The first-order valence-electron chi connectivity index (χ1n) is 8.79. The monoisotopic (exact) mass is 415 g/mol. The quantitative estimate of drug-likeness (QED) is 0.430. The van der Waals surface area contributed by atoms with E-state index in [1.807, 2.05) is 32.0 Å². The van der Waals surface area contributed by atoms with Crippen LogP contribution in [0.25, 0.3) is 11.3 Å². The van der Waals surface area contributed by atoms with Crippen molar-refractivity contribution in [2.75, 3.05) is 11.1 Å². The molecular formula is C21H19F2N3O2S. The van der Waals surface area contributed by atoms with Crippen molar-refractivity contribution in [2.24, 2.45) is 0 Å². The number of nitrogens with one attached hydrogen (secondary N) is 1. The van der Waals surface area contributed by atoms with Gasteiger partial charge < -0.3 is 10.1 Å². The van der Waals surface area contributed by atoms with Crippen LogP contribution in [0, 0.1) is 13.8 Å². The Morgan fingerprint density at radius 3 is 2.79 bits per heavy atom. The number of amides is 1. The molecule has 0 aliphatic rings. The molecule has 0 bridgehead atoms. The molecule has 3 aromatic rings. The van der Waals surface area contributed by atoms with Gasteiger partial charge in [0.05, 0.1) is 11.4 Å². The first kappa shape index (κ1) is 20.7. The number of alkyl halides is 2. The van der Waals surface area contributed by atoms with E-state index in [0.717, 1.165) is 16.8 Å². The summed E-state index contributed by atoms with van der Waals surface area (Å²) in [6, 6.07) is 13.8. The zero-order valence-electron chi connectivity index (χ0n) is 15.9. The van der Waals surface area contributed by atoms with Crippen molar-refractivity contribution in [1.82, 2.24) is 9.97 Å². The second kappa shape index (κ2) is 9.47. The molecule has 29 heavy (non-hydrogen) atoms. The summed E-state index contributed by atoms with van der Waals surface area (Å²) in [6.45, 7) is 1.00. The number of thioether (sulfide) groups is 1. The molecule has 0 aliphatic carbocycles. The van der Waals surface area contributed by atoms with Gasteiger partial charge in [0.2, 0.25) is 5.91 Å². The largest absolute Gasteiger partial charge is 0.435 e. The second-order valence-corrected chi connectivity index (χ2v) is 7.23. The Labute approximate surface area is 171 Å². The predicted molar refractivity (Wildman–Crippen MR) is 109 cm³/mol. The molecule has 0 atom stereocenters. The number of hydrogen-bond acceptors (Lipinski definition) is 5. The summed E-state index contributed by atoms with van der Waals surface area (Å²) in [4.78, 5) is 20.8. The second-order valence-electron chi connectivity index (χ2n) is 6.29. The highest BCUT2D eigenvalue weighted by atomic mass is 32.2. The van der Waals surface area contributed by atoms with Crippen LogP contribution >= 0.6 is 11.8 Å².